The fourth-order valence-electron chi connectivity index (χ4n) is 4.48. The molecule has 0 saturated heterocycles. The van der Waals surface area contributed by atoms with Gasteiger partial charge in [0.2, 0.25) is 0 Å². The van der Waals surface area contributed by atoms with Crippen LogP contribution in [0.4, 0.5) is 0 Å². The molecular formula is C30H26Cl2N2O5S. The van der Waals surface area contributed by atoms with E-state index in [-0.39, 0.29) is 11.7 Å². The molecule has 1 aliphatic heterocycles. The third kappa shape index (κ3) is 5.52. The molecule has 0 amide bonds. The number of allylic oxidation sites excluding steroid dienone is 1. The molecule has 2 aromatic heterocycles. The number of ether oxygens (including phenoxy) is 2. The monoisotopic (exact) mass is 596 g/mol. The molecule has 2 aromatic carbocycles. The van der Waals surface area contributed by atoms with E-state index < -0.39 is 12.0 Å². The van der Waals surface area contributed by atoms with Crippen LogP contribution in [0.25, 0.3) is 17.4 Å². The fraction of sp³-hybridized carbons (Fsp3) is 0.233. The molecule has 7 nitrogen and oxygen atoms in total. The highest BCUT2D eigenvalue weighted by molar-refractivity contribution is 7.07. The van der Waals surface area contributed by atoms with Gasteiger partial charge < -0.3 is 13.9 Å². The van der Waals surface area contributed by atoms with Gasteiger partial charge in [-0.2, -0.15) is 0 Å². The second-order valence-corrected chi connectivity index (χ2v) is 11.2. The zero-order chi connectivity index (χ0) is 28.6. The van der Waals surface area contributed by atoms with Crippen molar-refractivity contribution in [3.63, 3.8) is 0 Å². The van der Waals surface area contributed by atoms with Crippen molar-refractivity contribution in [1.82, 2.24) is 4.57 Å². The van der Waals surface area contributed by atoms with Crippen LogP contribution in [0.1, 0.15) is 45.1 Å². The Hall–Kier alpha value is -3.59. The molecule has 0 radical (unpaired) electrons. The maximum Gasteiger partial charge on any atom is 0.338 e. The number of carbonyl (C=O) groups excluding carboxylic acids is 1. The van der Waals surface area contributed by atoms with Gasteiger partial charge in [0.05, 0.1) is 39.6 Å². The van der Waals surface area contributed by atoms with Crippen LogP contribution in [-0.2, 0) is 9.53 Å². The first-order valence-corrected chi connectivity index (χ1v) is 14.2. The van der Waals surface area contributed by atoms with Crippen molar-refractivity contribution < 1.29 is 18.7 Å². The van der Waals surface area contributed by atoms with E-state index in [4.69, 9.17) is 37.1 Å². The summed E-state index contributed by atoms with van der Waals surface area (Å²) >= 11 is 13.7. The topological polar surface area (TPSA) is 83.0 Å². The molecule has 0 saturated carbocycles. The highest BCUT2D eigenvalue weighted by atomic mass is 35.5. The lowest BCUT2D eigenvalue weighted by Gasteiger charge is -2.25. The number of benzene rings is 2. The van der Waals surface area contributed by atoms with Gasteiger partial charge in [0, 0.05) is 16.7 Å². The van der Waals surface area contributed by atoms with E-state index in [2.05, 4.69) is 4.99 Å². The molecule has 206 valence electrons. The van der Waals surface area contributed by atoms with E-state index in [9.17, 15) is 9.59 Å². The van der Waals surface area contributed by atoms with Crippen molar-refractivity contribution in [1.29, 1.82) is 0 Å². The van der Waals surface area contributed by atoms with Crippen LogP contribution in [0.5, 0.6) is 5.75 Å². The van der Waals surface area contributed by atoms with Crippen LogP contribution >= 0.6 is 34.5 Å². The van der Waals surface area contributed by atoms with Crippen molar-refractivity contribution in [3.8, 4) is 17.1 Å². The lowest BCUT2D eigenvalue weighted by molar-refractivity contribution is -0.143. The predicted octanol–water partition coefficient (Wildman–Crippen LogP) is 6.15. The van der Waals surface area contributed by atoms with Crippen molar-refractivity contribution in [2.75, 3.05) is 6.61 Å². The molecule has 0 spiro atoms. The lowest BCUT2D eigenvalue weighted by atomic mass is 9.96. The first kappa shape index (κ1) is 28.0. The Morgan fingerprint density at radius 3 is 2.60 bits per heavy atom. The van der Waals surface area contributed by atoms with Gasteiger partial charge in [0.1, 0.15) is 17.3 Å². The third-order valence-corrected chi connectivity index (χ3v) is 7.73. The Morgan fingerprint density at radius 1 is 1.15 bits per heavy atom. The van der Waals surface area contributed by atoms with E-state index in [1.54, 1.807) is 57.2 Å². The third-order valence-electron chi connectivity index (χ3n) is 6.19. The largest absolute Gasteiger partial charge is 0.494 e. The Morgan fingerprint density at radius 2 is 1.90 bits per heavy atom. The molecule has 5 rings (SSSR count). The van der Waals surface area contributed by atoms with Crippen LogP contribution in [0.2, 0.25) is 10.0 Å². The number of esters is 1. The standard InChI is InChI=1S/C30H26Cl2N2O5S/c1-5-37-20-9-6-18(7-10-20)27-26(29(36)38-16(2)3)17(4)33-30-34(27)28(35)25(40-30)15-21-11-13-24(39-21)22-14-19(31)8-12-23(22)32/h6-16,27H,5H2,1-4H3/b25-15+/t27-/m0/s1. The highest BCUT2D eigenvalue weighted by Crippen LogP contribution is 2.33. The Labute approximate surface area is 244 Å². The maximum atomic E-state index is 13.8. The number of nitrogens with zero attached hydrogens (tertiary/aromatic N) is 2. The number of hydrogen-bond donors (Lipinski definition) is 0. The van der Waals surface area contributed by atoms with Gasteiger partial charge in [-0.05, 0) is 75.7 Å². The van der Waals surface area contributed by atoms with Crippen molar-refractivity contribution in [2.45, 2.75) is 39.8 Å². The number of hydrogen-bond acceptors (Lipinski definition) is 7. The molecule has 4 aromatic rings. The van der Waals surface area contributed by atoms with E-state index in [0.717, 1.165) is 5.56 Å². The number of halogens is 2. The molecule has 10 heteroatoms. The quantitative estimate of drug-likeness (QED) is 0.239. The number of thiazole rings is 1. The van der Waals surface area contributed by atoms with Crippen molar-refractivity contribution >= 4 is 46.6 Å². The number of furan rings is 1. The molecule has 3 heterocycles. The van der Waals surface area contributed by atoms with Crippen LogP contribution in [0, 0.1) is 0 Å². The number of carbonyl (C=O) groups is 1. The average Bonchev–Trinajstić information content (AvgIpc) is 3.49. The fourth-order valence-corrected chi connectivity index (χ4v) is 5.89. The Balaban J connectivity index is 1.62. The molecule has 0 aliphatic carbocycles. The minimum atomic E-state index is -0.724. The number of fused-ring (bicyclic) bond motifs is 1. The minimum absolute atomic E-state index is 0.302. The minimum Gasteiger partial charge on any atom is -0.494 e. The first-order valence-electron chi connectivity index (χ1n) is 12.7. The summed E-state index contributed by atoms with van der Waals surface area (Å²) in [7, 11) is 0. The van der Waals surface area contributed by atoms with Gasteiger partial charge >= 0.3 is 5.97 Å². The smallest absolute Gasteiger partial charge is 0.338 e. The van der Waals surface area contributed by atoms with Gasteiger partial charge in [-0.15, -0.1) is 0 Å². The lowest BCUT2D eigenvalue weighted by Crippen LogP contribution is -2.40. The zero-order valence-electron chi connectivity index (χ0n) is 22.2. The van der Waals surface area contributed by atoms with E-state index >= 15 is 0 Å². The van der Waals surface area contributed by atoms with Gasteiger partial charge in [-0.25, -0.2) is 9.79 Å². The highest BCUT2D eigenvalue weighted by Gasteiger charge is 2.33. The Bertz CT molecular complexity index is 1800. The molecule has 0 N–H and O–H groups in total. The van der Waals surface area contributed by atoms with Gasteiger partial charge in [0.15, 0.2) is 4.80 Å². The van der Waals surface area contributed by atoms with E-state index in [1.165, 1.54) is 15.9 Å². The predicted molar refractivity (Wildman–Crippen MR) is 157 cm³/mol. The summed E-state index contributed by atoms with van der Waals surface area (Å²) in [5.74, 6) is 1.16. The summed E-state index contributed by atoms with van der Waals surface area (Å²) in [6.07, 6.45) is 1.33. The van der Waals surface area contributed by atoms with E-state index in [0.29, 0.717) is 60.1 Å². The molecule has 0 unspecified atom stereocenters. The normalized spacial score (nSPS) is 15.3. The molecule has 1 atom stereocenters. The van der Waals surface area contributed by atoms with Crippen molar-refractivity contribution in [3.05, 3.63) is 107 Å². The summed E-state index contributed by atoms with van der Waals surface area (Å²) in [6.45, 7) is 7.75. The molecule has 40 heavy (non-hydrogen) atoms. The van der Waals surface area contributed by atoms with Gasteiger partial charge in [-0.1, -0.05) is 46.7 Å². The first-order chi connectivity index (χ1) is 19.2. The summed E-state index contributed by atoms with van der Waals surface area (Å²) in [5, 5.41) is 1.03. The number of aromatic nitrogens is 1. The van der Waals surface area contributed by atoms with Crippen LogP contribution in [0.15, 0.2) is 80.1 Å². The average molecular weight is 598 g/mol. The van der Waals surface area contributed by atoms with Gasteiger partial charge in [0.25, 0.3) is 5.56 Å². The summed E-state index contributed by atoms with van der Waals surface area (Å²) in [5.41, 5.74) is 1.89. The second-order valence-electron chi connectivity index (χ2n) is 9.36. The second kappa shape index (κ2) is 11.5. The van der Waals surface area contributed by atoms with Crippen molar-refractivity contribution in [2.24, 2.45) is 4.99 Å². The summed E-state index contributed by atoms with van der Waals surface area (Å²) in [6, 6.07) is 15.3. The molecule has 0 fully saturated rings. The summed E-state index contributed by atoms with van der Waals surface area (Å²) in [4.78, 5) is 32.2. The van der Waals surface area contributed by atoms with E-state index in [1.807, 2.05) is 31.2 Å². The molecular weight excluding hydrogens is 571 g/mol. The van der Waals surface area contributed by atoms with Crippen LogP contribution in [0.3, 0.4) is 0 Å². The zero-order valence-corrected chi connectivity index (χ0v) is 24.6. The van der Waals surface area contributed by atoms with Gasteiger partial charge in [-0.3, -0.25) is 9.36 Å². The SMILES string of the molecule is CCOc1ccc([C@H]2C(C(=O)OC(C)C)=C(C)N=c3s/c(=C/c4ccc(-c5cc(Cl)ccc5Cl)o4)c(=O)n32)cc1. The Kier molecular flexibility index (Phi) is 8.03. The number of rotatable bonds is 7. The van der Waals surface area contributed by atoms with Crippen LogP contribution < -0.4 is 19.6 Å². The maximum absolute atomic E-state index is 13.8. The molecule has 1 aliphatic rings. The summed E-state index contributed by atoms with van der Waals surface area (Å²) < 4.78 is 19.1. The van der Waals surface area contributed by atoms with Crippen LogP contribution in [-0.4, -0.2) is 23.2 Å². The molecule has 0 bridgehead atoms.